The van der Waals surface area contributed by atoms with Gasteiger partial charge in [0.15, 0.2) is 5.65 Å². The summed E-state index contributed by atoms with van der Waals surface area (Å²) in [6.07, 6.45) is 4.07. The van der Waals surface area contributed by atoms with Crippen LogP contribution in [0.1, 0.15) is 26.7 Å². The van der Waals surface area contributed by atoms with Crippen molar-refractivity contribution in [3.05, 3.63) is 72.3 Å². The maximum absolute atomic E-state index is 15.5. The normalized spacial score (nSPS) is 17.9. The number of carbonyl (C=O) groups is 1. The van der Waals surface area contributed by atoms with Gasteiger partial charge in [0, 0.05) is 36.8 Å². The van der Waals surface area contributed by atoms with Crippen LogP contribution in [-0.2, 0) is 11.3 Å². The molecular weight excluding hydrogens is 563 g/mol. The number of aliphatic hydroxyl groups is 1. The van der Waals surface area contributed by atoms with Crippen molar-refractivity contribution in [3.8, 4) is 28.8 Å². The molecule has 2 saturated heterocycles. The number of rotatable bonds is 8. The molecule has 6 rings (SSSR count). The summed E-state index contributed by atoms with van der Waals surface area (Å²) in [4.78, 5) is 25.9. The van der Waals surface area contributed by atoms with Crippen molar-refractivity contribution in [1.29, 1.82) is 5.26 Å². The lowest BCUT2D eigenvalue weighted by Crippen LogP contribution is -2.59. The molecule has 3 N–H and O–H groups in total. The molecule has 4 aromatic rings. The van der Waals surface area contributed by atoms with E-state index in [4.69, 9.17) is 15.6 Å². The molecule has 44 heavy (non-hydrogen) atoms. The smallest absolute Gasteiger partial charge is 0.264 e. The number of para-hydroxylation sites is 1. The van der Waals surface area contributed by atoms with E-state index in [0.717, 1.165) is 6.42 Å². The van der Waals surface area contributed by atoms with Crippen LogP contribution in [0.15, 0.2) is 66.5 Å². The van der Waals surface area contributed by atoms with Crippen molar-refractivity contribution < 1.29 is 19.0 Å². The Morgan fingerprint density at radius 1 is 1.20 bits per heavy atom. The molecule has 0 radical (unpaired) electrons. The minimum atomic E-state index is -0.567. The van der Waals surface area contributed by atoms with Gasteiger partial charge < -0.3 is 20.5 Å². The van der Waals surface area contributed by atoms with Crippen molar-refractivity contribution in [2.75, 3.05) is 25.4 Å². The summed E-state index contributed by atoms with van der Waals surface area (Å²) in [6.45, 7) is 5.59. The van der Waals surface area contributed by atoms with E-state index in [0.29, 0.717) is 48.6 Å². The highest BCUT2D eigenvalue weighted by Crippen LogP contribution is 2.35. The largest absolute Gasteiger partial charge is 0.457 e. The van der Waals surface area contributed by atoms with E-state index in [9.17, 15) is 15.2 Å². The van der Waals surface area contributed by atoms with E-state index in [-0.39, 0.29) is 41.1 Å². The first-order valence-corrected chi connectivity index (χ1v) is 14.5. The first-order valence-electron chi connectivity index (χ1n) is 14.5. The number of nitrogens with two attached hydrogens (primary N) is 1. The molecule has 12 heteroatoms. The zero-order valence-corrected chi connectivity index (χ0v) is 24.5. The number of carbonyl (C=O) groups excluding carboxylic acids is 1. The molecule has 11 nitrogen and oxygen atoms in total. The number of aliphatic hydroxyl groups excluding tert-OH is 1. The van der Waals surface area contributed by atoms with Crippen molar-refractivity contribution in [2.24, 2.45) is 0 Å². The third-order valence-electron chi connectivity index (χ3n) is 8.28. The van der Waals surface area contributed by atoms with Crippen LogP contribution in [0.25, 0.3) is 22.3 Å². The van der Waals surface area contributed by atoms with Gasteiger partial charge in [0.1, 0.15) is 46.8 Å². The summed E-state index contributed by atoms with van der Waals surface area (Å²) in [5.74, 6) is 0.176. The molecule has 0 spiro atoms. The molecule has 2 aromatic carbocycles. The Bertz CT molecular complexity index is 1780. The third-order valence-corrected chi connectivity index (χ3v) is 8.28. The van der Waals surface area contributed by atoms with Gasteiger partial charge in [-0.1, -0.05) is 18.2 Å². The van der Waals surface area contributed by atoms with Crippen molar-refractivity contribution in [3.63, 3.8) is 0 Å². The number of fused-ring (bicyclic) bond motifs is 1. The summed E-state index contributed by atoms with van der Waals surface area (Å²) in [5, 5.41) is 24.8. The molecule has 4 heterocycles. The van der Waals surface area contributed by atoms with Gasteiger partial charge in [-0.25, -0.2) is 19.0 Å². The fraction of sp³-hybridized carbons (Fsp3) is 0.344. The Morgan fingerprint density at radius 3 is 2.68 bits per heavy atom. The average Bonchev–Trinajstić information content (AvgIpc) is 3.60. The highest BCUT2D eigenvalue weighted by Gasteiger charge is 2.38. The van der Waals surface area contributed by atoms with Gasteiger partial charge in [0.2, 0.25) is 0 Å². The summed E-state index contributed by atoms with van der Waals surface area (Å²) in [6, 6.07) is 15.5. The minimum absolute atomic E-state index is 0.0563. The Labute approximate surface area is 254 Å². The van der Waals surface area contributed by atoms with E-state index in [1.54, 1.807) is 39.9 Å². The number of nitriles is 1. The number of halogens is 1. The van der Waals surface area contributed by atoms with E-state index in [2.05, 4.69) is 16.0 Å². The summed E-state index contributed by atoms with van der Waals surface area (Å²) in [5.41, 5.74) is 6.67. The quantitative estimate of drug-likeness (QED) is 0.228. The van der Waals surface area contributed by atoms with Crippen LogP contribution in [0.5, 0.6) is 11.5 Å². The van der Waals surface area contributed by atoms with Crippen LogP contribution in [0.2, 0.25) is 0 Å². The highest BCUT2D eigenvalue weighted by molar-refractivity contribution is 5.99. The SMILES string of the molecule is CC(C)(C=C(C#N)C(=O)N1CCC[C@H]1Cn1nc(-c2ccc(Oc3ccccc3)cc2F)c2c(N)ncnc21)N1CC(O)C1. The number of nitrogen functional groups attached to an aromatic ring is 1. The van der Waals surface area contributed by atoms with E-state index >= 15 is 4.39 Å². The summed E-state index contributed by atoms with van der Waals surface area (Å²) < 4.78 is 22.9. The molecule has 1 amide bonds. The molecule has 2 aromatic heterocycles. The van der Waals surface area contributed by atoms with Crippen molar-refractivity contribution in [2.45, 2.75) is 50.9 Å². The highest BCUT2D eigenvalue weighted by atomic mass is 19.1. The molecule has 2 fully saturated rings. The number of anilines is 1. The number of aromatic nitrogens is 4. The number of amides is 1. The molecule has 0 unspecified atom stereocenters. The number of hydrogen-bond donors (Lipinski definition) is 2. The fourth-order valence-corrected chi connectivity index (χ4v) is 5.88. The van der Waals surface area contributed by atoms with Gasteiger partial charge >= 0.3 is 0 Å². The van der Waals surface area contributed by atoms with Crippen molar-refractivity contribution >= 4 is 22.8 Å². The number of ether oxygens (including phenoxy) is 1. The minimum Gasteiger partial charge on any atom is -0.457 e. The van der Waals surface area contributed by atoms with Gasteiger partial charge in [-0.05, 0) is 57.0 Å². The Kier molecular flexibility index (Phi) is 7.75. The maximum atomic E-state index is 15.5. The van der Waals surface area contributed by atoms with E-state index in [1.165, 1.54) is 12.4 Å². The van der Waals surface area contributed by atoms with Gasteiger partial charge in [-0.3, -0.25) is 9.69 Å². The second kappa shape index (κ2) is 11.7. The Balaban J connectivity index is 1.28. The topological polar surface area (TPSA) is 146 Å². The lowest BCUT2D eigenvalue weighted by molar-refractivity contribution is -0.127. The number of nitrogens with zero attached hydrogens (tertiary/aromatic N) is 7. The molecule has 2 aliphatic rings. The number of β-amino-alcohol motifs (C(OH)–C–C–N with tert-alkyl or cyclic N) is 1. The zero-order chi connectivity index (χ0) is 31.0. The van der Waals surface area contributed by atoms with Gasteiger partial charge in [0.25, 0.3) is 5.91 Å². The van der Waals surface area contributed by atoms with Crippen LogP contribution < -0.4 is 10.5 Å². The summed E-state index contributed by atoms with van der Waals surface area (Å²) in [7, 11) is 0. The van der Waals surface area contributed by atoms with Crippen molar-refractivity contribution in [1.82, 2.24) is 29.5 Å². The molecule has 226 valence electrons. The molecule has 1 atom stereocenters. The molecule has 2 aliphatic heterocycles. The average molecular weight is 597 g/mol. The first-order chi connectivity index (χ1) is 21.1. The van der Waals surface area contributed by atoms with Crippen LogP contribution in [0.4, 0.5) is 10.2 Å². The van der Waals surface area contributed by atoms with Crippen LogP contribution in [-0.4, -0.2) is 77.9 Å². The standard InChI is InChI=1S/C32H33FN8O3/c1-32(2,39-17-22(42)18-39)14-20(15-34)31(43)40-12-6-7-21(40)16-41-30-27(29(35)36-19-37-30)28(38-41)25-11-10-24(13-26(25)33)44-23-8-4-3-5-9-23/h3-5,8-11,13-14,19,21-22,42H,6-7,12,16-18H2,1-2H3,(H2,35,36,37)/t21-/m0/s1. The van der Waals surface area contributed by atoms with Crippen LogP contribution >= 0.6 is 0 Å². The van der Waals surface area contributed by atoms with Crippen LogP contribution in [0, 0.1) is 17.1 Å². The van der Waals surface area contributed by atoms with Gasteiger partial charge in [-0.15, -0.1) is 0 Å². The van der Waals surface area contributed by atoms with Gasteiger partial charge in [-0.2, -0.15) is 10.4 Å². The fourth-order valence-electron chi connectivity index (χ4n) is 5.88. The molecule has 0 aliphatic carbocycles. The lowest BCUT2D eigenvalue weighted by atomic mass is 9.94. The molecule has 0 bridgehead atoms. The predicted octanol–water partition coefficient (Wildman–Crippen LogP) is 3.90. The molecule has 0 saturated carbocycles. The van der Waals surface area contributed by atoms with E-state index < -0.39 is 17.5 Å². The summed E-state index contributed by atoms with van der Waals surface area (Å²) >= 11 is 0. The lowest BCUT2D eigenvalue weighted by Gasteiger charge is -2.46. The second-order valence-electron chi connectivity index (χ2n) is 11.7. The van der Waals surface area contributed by atoms with E-state index in [1.807, 2.05) is 36.9 Å². The molecular formula is C32H33FN8O3. The van der Waals surface area contributed by atoms with Gasteiger partial charge in [0.05, 0.1) is 24.1 Å². The number of likely N-dealkylation sites (tertiary alicyclic amines) is 2. The zero-order valence-electron chi connectivity index (χ0n) is 24.5. The number of hydrogen-bond acceptors (Lipinski definition) is 9. The second-order valence-corrected chi connectivity index (χ2v) is 11.7. The Morgan fingerprint density at radius 2 is 1.98 bits per heavy atom. The Hall–Kier alpha value is -4.86. The maximum Gasteiger partial charge on any atom is 0.264 e. The van der Waals surface area contributed by atoms with Crippen LogP contribution in [0.3, 0.4) is 0 Å². The first kappa shape index (κ1) is 29.2. The monoisotopic (exact) mass is 596 g/mol. The predicted molar refractivity (Wildman–Crippen MR) is 162 cm³/mol. The number of benzene rings is 2. The third kappa shape index (κ3) is 5.59.